The first-order chi connectivity index (χ1) is 9.99. The number of aromatic carboxylic acids is 1. The number of rotatable bonds is 4. The number of benzene rings is 1. The number of hydrogen-bond donors (Lipinski definition) is 2. The molecule has 1 aliphatic heterocycles. The van der Waals surface area contributed by atoms with E-state index >= 15 is 0 Å². The molecule has 0 saturated carbocycles. The molecule has 21 heavy (non-hydrogen) atoms. The number of carbonyl (C=O) groups excluding carboxylic acids is 1. The van der Waals surface area contributed by atoms with Crippen LogP contribution in [0.25, 0.3) is 0 Å². The molecule has 1 heterocycles. The molecule has 5 nitrogen and oxygen atoms in total. The monoisotopic (exact) mass is 290 g/mol. The number of carboxylic acid groups (broad SMARTS) is 1. The van der Waals surface area contributed by atoms with Crippen LogP contribution < -0.4 is 5.32 Å². The Morgan fingerprint density at radius 2 is 2.05 bits per heavy atom. The molecule has 0 bridgehead atoms. The minimum absolute atomic E-state index is 0.0559. The molecule has 2 atom stereocenters. The Labute approximate surface area is 125 Å². The summed E-state index contributed by atoms with van der Waals surface area (Å²) in [7, 11) is 0. The number of carboxylic acids is 1. The largest absolute Gasteiger partial charge is 0.478 e. The van der Waals surface area contributed by atoms with Crippen LogP contribution in [0.5, 0.6) is 0 Å². The Bertz CT molecular complexity index is 530. The highest BCUT2D eigenvalue weighted by Gasteiger charge is 2.29. The van der Waals surface area contributed by atoms with Gasteiger partial charge in [0.1, 0.15) is 0 Å². The average Bonchev–Trinajstić information content (AvgIpc) is 2.78. The molecule has 5 heteroatoms. The van der Waals surface area contributed by atoms with Gasteiger partial charge in [0, 0.05) is 19.1 Å². The zero-order valence-corrected chi connectivity index (χ0v) is 12.5. The van der Waals surface area contributed by atoms with Gasteiger partial charge in [-0.1, -0.05) is 25.1 Å². The van der Waals surface area contributed by atoms with Crippen LogP contribution in [0.4, 0.5) is 4.79 Å². The second kappa shape index (κ2) is 6.61. The van der Waals surface area contributed by atoms with Crippen molar-refractivity contribution in [3.8, 4) is 0 Å². The second-order valence-electron chi connectivity index (χ2n) is 5.79. The van der Waals surface area contributed by atoms with Crippen molar-refractivity contribution in [3.63, 3.8) is 0 Å². The molecule has 1 aromatic rings. The van der Waals surface area contributed by atoms with E-state index in [-0.39, 0.29) is 12.1 Å². The predicted molar refractivity (Wildman–Crippen MR) is 80.5 cm³/mol. The van der Waals surface area contributed by atoms with Crippen LogP contribution in [0, 0.1) is 5.92 Å². The lowest BCUT2D eigenvalue weighted by Gasteiger charge is -2.22. The van der Waals surface area contributed by atoms with Crippen molar-refractivity contribution < 1.29 is 14.7 Å². The molecule has 114 valence electrons. The molecule has 1 aromatic carbocycles. The number of nitrogens with zero attached hydrogens (tertiary/aromatic N) is 1. The minimum Gasteiger partial charge on any atom is -0.478 e. The van der Waals surface area contributed by atoms with E-state index in [1.165, 1.54) is 0 Å². The summed E-state index contributed by atoms with van der Waals surface area (Å²) >= 11 is 0. The molecular weight excluding hydrogens is 268 g/mol. The van der Waals surface area contributed by atoms with Crippen LogP contribution in [0.3, 0.4) is 0 Å². The van der Waals surface area contributed by atoms with Crippen LogP contribution in [0.1, 0.15) is 36.2 Å². The van der Waals surface area contributed by atoms with Crippen molar-refractivity contribution >= 4 is 12.0 Å². The Morgan fingerprint density at radius 1 is 1.33 bits per heavy atom. The standard InChI is InChI=1S/C16H22N2O3/c1-11-9-12(2)18(10-11)16(21)17-8-7-13-5-3-4-6-14(13)15(19)20/h3-6,11-12H,7-10H2,1-2H3,(H,17,21)(H,19,20). The van der Waals surface area contributed by atoms with E-state index in [1.807, 2.05) is 11.0 Å². The van der Waals surface area contributed by atoms with E-state index in [0.29, 0.717) is 24.4 Å². The van der Waals surface area contributed by atoms with Gasteiger partial charge >= 0.3 is 12.0 Å². The fourth-order valence-corrected chi connectivity index (χ4v) is 2.94. The fourth-order valence-electron chi connectivity index (χ4n) is 2.94. The maximum atomic E-state index is 12.1. The topological polar surface area (TPSA) is 69.6 Å². The van der Waals surface area contributed by atoms with E-state index in [1.54, 1.807) is 18.2 Å². The van der Waals surface area contributed by atoms with Gasteiger partial charge in [0.25, 0.3) is 0 Å². The number of carbonyl (C=O) groups is 2. The van der Waals surface area contributed by atoms with Gasteiger partial charge in [0.2, 0.25) is 0 Å². The van der Waals surface area contributed by atoms with Gasteiger partial charge in [-0.15, -0.1) is 0 Å². The van der Waals surface area contributed by atoms with Crippen LogP contribution >= 0.6 is 0 Å². The molecule has 1 saturated heterocycles. The number of amides is 2. The summed E-state index contributed by atoms with van der Waals surface area (Å²) in [5, 5.41) is 12.0. The second-order valence-corrected chi connectivity index (χ2v) is 5.79. The normalized spacial score (nSPS) is 21.3. The van der Waals surface area contributed by atoms with Crippen molar-refractivity contribution in [2.45, 2.75) is 32.7 Å². The number of likely N-dealkylation sites (tertiary alicyclic amines) is 1. The van der Waals surface area contributed by atoms with Gasteiger partial charge < -0.3 is 15.3 Å². The van der Waals surface area contributed by atoms with Crippen LogP contribution in [-0.2, 0) is 6.42 Å². The Kier molecular flexibility index (Phi) is 4.83. The third-order valence-corrected chi connectivity index (χ3v) is 3.96. The zero-order chi connectivity index (χ0) is 15.4. The maximum Gasteiger partial charge on any atom is 0.335 e. The van der Waals surface area contributed by atoms with Crippen molar-refractivity contribution in [2.75, 3.05) is 13.1 Å². The molecule has 1 aliphatic rings. The van der Waals surface area contributed by atoms with Gasteiger partial charge in [-0.3, -0.25) is 0 Å². The van der Waals surface area contributed by atoms with Crippen molar-refractivity contribution in [2.24, 2.45) is 5.92 Å². The van der Waals surface area contributed by atoms with E-state index in [0.717, 1.165) is 18.5 Å². The van der Waals surface area contributed by atoms with E-state index in [4.69, 9.17) is 5.11 Å². The lowest BCUT2D eigenvalue weighted by atomic mass is 10.0. The highest BCUT2D eigenvalue weighted by Crippen LogP contribution is 2.22. The number of urea groups is 1. The zero-order valence-electron chi connectivity index (χ0n) is 12.5. The molecular formula is C16H22N2O3. The summed E-state index contributed by atoms with van der Waals surface area (Å²) in [6.45, 7) is 5.44. The Morgan fingerprint density at radius 3 is 2.67 bits per heavy atom. The van der Waals surface area contributed by atoms with Gasteiger partial charge in [0.05, 0.1) is 5.56 Å². The predicted octanol–water partition coefficient (Wildman–Crippen LogP) is 2.37. The highest BCUT2D eigenvalue weighted by molar-refractivity contribution is 5.89. The lowest BCUT2D eigenvalue weighted by molar-refractivity contribution is 0.0695. The quantitative estimate of drug-likeness (QED) is 0.894. The number of nitrogens with one attached hydrogen (secondary N) is 1. The first-order valence-electron chi connectivity index (χ1n) is 7.34. The molecule has 2 N–H and O–H groups in total. The van der Waals surface area contributed by atoms with Crippen LogP contribution in [0.2, 0.25) is 0 Å². The third kappa shape index (κ3) is 3.74. The van der Waals surface area contributed by atoms with E-state index in [9.17, 15) is 9.59 Å². The summed E-state index contributed by atoms with van der Waals surface area (Å²) < 4.78 is 0. The Hall–Kier alpha value is -2.04. The molecule has 0 aromatic heterocycles. The van der Waals surface area contributed by atoms with Gasteiger partial charge in [-0.2, -0.15) is 0 Å². The maximum absolute atomic E-state index is 12.1. The molecule has 0 radical (unpaired) electrons. The van der Waals surface area contributed by atoms with Gasteiger partial charge in [-0.05, 0) is 37.3 Å². The van der Waals surface area contributed by atoms with Gasteiger partial charge in [0.15, 0.2) is 0 Å². The van der Waals surface area contributed by atoms with Crippen molar-refractivity contribution in [3.05, 3.63) is 35.4 Å². The molecule has 1 fully saturated rings. The molecule has 0 aliphatic carbocycles. The smallest absolute Gasteiger partial charge is 0.335 e. The molecule has 2 amide bonds. The van der Waals surface area contributed by atoms with E-state index in [2.05, 4.69) is 19.2 Å². The van der Waals surface area contributed by atoms with Crippen molar-refractivity contribution in [1.29, 1.82) is 0 Å². The number of hydrogen-bond acceptors (Lipinski definition) is 2. The van der Waals surface area contributed by atoms with Crippen LogP contribution in [-0.4, -0.2) is 41.1 Å². The summed E-state index contributed by atoms with van der Waals surface area (Å²) in [5.41, 5.74) is 1.04. The summed E-state index contributed by atoms with van der Waals surface area (Å²) in [5.74, 6) is -0.391. The lowest BCUT2D eigenvalue weighted by Crippen LogP contribution is -2.42. The highest BCUT2D eigenvalue weighted by atomic mass is 16.4. The van der Waals surface area contributed by atoms with Crippen LogP contribution in [0.15, 0.2) is 24.3 Å². The first kappa shape index (κ1) is 15.4. The first-order valence-corrected chi connectivity index (χ1v) is 7.34. The fraction of sp³-hybridized carbons (Fsp3) is 0.500. The minimum atomic E-state index is -0.932. The van der Waals surface area contributed by atoms with Gasteiger partial charge in [-0.25, -0.2) is 9.59 Å². The average molecular weight is 290 g/mol. The Balaban J connectivity index is 1.87. The van der Waals surface area contributed by atoms with E-state index < -0.39 is 5.97 Å². The molecule has 0 spiro atoms. The summed E-state index contributed by atoms with van der Waals surface area (Å²) in [4.78, 5) is 25.1. The molecule has 2 rings (SSSR count). The van der Waals surface area contributed by atoms with Crippen molar-refractivity contribution in [1.82, 2.24) is 10.2 Å². The summed E-state index contributed by atoms with van der Waals surface area (Å²) in [6.07, 6.45) is 1.56. The summed E-state index contributed by atoms with van der Waals surface area (Å²) in [6, 6.07) is 7.11. The third-order valence-electron chi connectivity index (χ3n) is 3.96. The molecule has 2 unspecified atom stereocenters. The SMILES string of the molecule is CC1CC(C)N(C(=O)NCCc2ccccc2C(=O)O)C1.